The smallest absolute Gasteiger partial charge is 0.185 e. The summed E-state index contributed by atoms with van der Waals surface area (Å²) >= 11 is 5.71. The van der Waals surface area contributed by atoms with E-state index in [1.54, 1.807) is 0 Å². The van der Waals surface area contributed by atoms with Crippen LogP contribution in [0.5, 0.6) is 0 Å². The topological polar surface area (TPSA) is 86.6 Å². The number of aliphatic hydroxyl groups is 2. The summed E-state index contributed by atoms with van der Waals surface area (Å²) in [7, 11) is -3.71. The van der Waals surface area contributed by atoms with Crippen LogP contribution in [0.2, 0.25) is 5.02 Å². The molecule has 7 heteroatoms. The average molecular weight is 292 g/mol. The molecular formula is C11H14ClNO4S. The molecule has 1 aliphatic heterocycles. The first-order valence-corrected chi connectivity index (χ1v) is 7.36. The second-order valence-corrected chi connectivity index (χ2v) is 6.95. The van der Waals surface area contributed by atoms with Gasteiger partial charge < -0.3 is 15.5 Å². The number of hydrogen-bond acceptors (Lipinski definition) is 5. The van der Waals surface area contributed by atoms with Crippen molar-refractivity contribution in [2.45, 2.75) is 15.7 Å². The predicted octanol–water partition coefficient (Wildman–Crippen LogP) is -0.191. The van der Waals surface area contributed by atoms with E-state index in [4.69, 9.17) is 11.6 Å². The molecule has 5 nitrogen and oxygen atoms in total. The molecule has 2 atom stereocenters. The third kappa shape index (κ3) is 2.26. The maximum absolute atomic E-state index is 12.4. The number of halogens is 1. The lowest BCUT2D eigenvalue weighted by molar-refractivity contribution is 0.00578. The summed E-state index contributed by atoms with van der Waals surface area (Å²) in [5.74, 6) is 0. The van der Waals surface area contributed by atoms with Crippen LogP contribution in [0.15, 0.2) is 29.2 Å². The van der Waals surface area contributed by atoms with Crippen molar-refractivity contribution < 1.29 is 18.6 Å². The molecule has 2 unspecified atom stereocenters. The zero-order valence-electron chi connectivity index (χ0n) is 9.51. The van der Waals surface area contributed by atoms with Crippen LogP contribution < -0.4 is 5.32 Å². The van der Waals surface area contributed by atoms with E-state index in [2.05, 4.69) is 5.32 Å². The number of hydrogen-bond donors (Lipinski definition) is 3. The summed E-state index contributed by atoms with van der Waals surface area (Å²) in [5, 5.41) is 21.4. The molecule has 3 N–H and O–H groups in total. The molecule has 2 rings (SSSR count). The molecule has 0 aliphatic carbocycles. The molecular weight excluding hydrogens is 278 g/mol. The van der Waals surface area contributed by atoms with Gasteiger partial charge >= 0.3 is 0 Å². The SMILES string of the molecule is O=S(=O)(c1ccc(Cl)cc1)C1CNCC1(O)CO. The van der Waals surface area contributed by atoms with Gasteiger partial charge in [-0.1, -0.05) is 11.6 Å². The zero-order valence-corrected chi connectivity index (χ0v) is 11.1. The number of nitrogens with one attached hydrogen (secondary N) is 1. The third-order valence-corrected chi connectivity index (χ3v) is 5.69. The summed E-state index contributed by atoms with van der Waals surface area (Å²) in [6.45, 7) is -0.430. The van der Waals surface area contributed by atoms with Crippen molar-refractivity contribution in [1.82, 2.24) is 5.32 Å². The van der Waals surface area contributed by atoms with Crippen molar-refractivity contribution in [3.63, 3.8) is 0 Å². The molecule has 1 heterocycles. The van der Waals surface area contributed by atoms with Crippen molar-refractivity contribution in [3.8, 4) is 0 Å². The molecule has 1 aromatic rings. The van der Waals surface area contributed by atoms with Crippen LogP contribution >= 0.6 is 11.6 Å². The molecule has 100 valence electrons. The molecule has 0 amide bonds. The normalized spacial score (nSPS) is 28.5. The Bertz CT molecular complexity index is 530. The Kier molecular flexibility index (Phi) is 3.66. The Morgan fingerprint density at radius 1 is 1.39 bits per heavy atom. The summed E-state index contributed by atoms with van der Waals surface area (Å²) in [6, 6.07) is 5.76. The maximum atomic E-state index is 12.4. The quantitative estimate of drug-likeness (QED) is 0.718. The van der Waals surface area contributed by atoms with Crippen molar-refractivity contribution >= 4 is 21.4 Å². The minimum Gasteiger partial charge on any atom is -0.393 e. The molecule has 0 aromatic heterocycles. The fourth-order valence-corrected chi connectivity index (χ4v) is 4.11. The van der Waals surface area contributed by atoms with Gasteiger partial charge in [0.15, 0.2) is 9.84 Å². The van der Waals surface area contributed by atoms with Crippen LogP contribution in [0, 0.1) is 0 Å². The van der Waals surface area contributed by atoms with Gasteiger partial charge in [0, 0.05) is 18.1 Å². The number of β-amino-alcohol motifs (C(OH)–C–C–N with tert-alkyl or cyclic N) is 1. The summed E-state index contributed by atoms with van der Waals surface area (Å²) in [4.78, 5) is 0.0903. The highest BCUT2D eigenvalue weighted by Gasteiger charge is 2.48. The largest absolute Gasteiger partial charge is 0.393 e. The Hall–Kier alpha value is -0.660. The van der Waals surface area contributed by atoms with Crippen molar-refractivity contribution in [3.05, 3.63) is 29.3 Å². The van der Waals surface area contributed by atoms with Gasteiger partial charge in [-0.2, -0.15) is 0 Å². The maximum Gasteiger partial charge on any atom is 0.185 e. The molecule has 0 spiro atoms. The van der Waals surface area contributed by atoms with Crippen LogP contribution in [-0.2, 0) is 9.84 Å². The molecule has 18 heavy (non-hydrogen) atoms. The van der Waals surface area contributed by atoms with E-state index in [9.17, 15) is 18.6 Å². The number of rotatable bonds is 3. The number of sulfone groups is 1. The van der Waals surface area contributed by atoms with E-state index in [0.29, 0.717) is 5.02 Å². The van der Waals surface area contributed by atoms with Gasteiger partial charge in [-0.15, -0.1) is 0 Å². The first kappa shape index (κ1) is 13.8. The van der Waals surface area contributed by atoms with Crippen LogP contribution in [0.1, 0.15) is 0 Å². The first-order valence-electron chi connectivity index (χ1n) is 5.43. The van der Waals surface area contributed by atoms with E-state index < -0.39 is 27.3 Å². The van der Waals surface area contributed by atoms with E-state index in [0.717, 1.165) is 0 Å². The lowest BCUT2D eigenvalue weighted by Crippen LogP contribution is -2.49. The van der Waals surface area contributed by atoms with E-state index >= 15 is 0 Å². The highest BCUT2D eigenvalue weighted by atomic mass is 35.5. The molecule has 0 bridgehead atoms. The molecule has 0 radical (unpaired) electrons. The lowest BCUT2D eigenvalue weighted by Gasteiger charge is -2.26. The second kappa shape index (κ2) is 4.79. The third-order valence-electron chi connectivity index (χ3n) is 3.15. The second-order valence-electron chi connectivity index (χ2n) is 4.38. The van der Waals surface area contributed by atoms with Crippen molar-refractivity contribution in [2.75, 3.05) is 19.7 Å². The highest BCUT2D eigenvalue weighted by molar-refractivity contribution is 7.92. The Morgan fingerprint density at radius 3 is 2.56 bits per heavy atom. The fraction of sp³-hybridized carbons (Fsp3) is 0.455. The van der Waals surface area contributed by atoms with Gasteiger partial charge in [0.05, 0.1) is 11.5 Å². The van der Waals surface area contributed by atoms with Crippen LogP contribution in [0.4, 0.5) is 0 Å². The van der Waals surface area contributed by atoms with Gasteiger partial charge in [-0.05, 0) is 24.3 Å². The van der Waals surface area contributed by atoms with Crippen LogP contribution in [0.3, 0.4) is 0 Å². The lowest BCUT2D eigenvalue weighted by atomic mass is 10.1. The Labute approximate surface area is 110 Å². The van der Waals surface area contributed by atoms with Crippen LogP contribution in [0.25, 0.3) is 0 Å². The number of aliphatic hydroxyl groups excluding tert-OH is 1. The van der Waals surface area contributed by atoms with Crippen LogP contribution in [-0.4, -0.2) is 49.2 Å². The van der Waals surface area contributed by atoms with Gasteiger partial charge in [0.2, 0.25) is 0 Å². The molecule has 1 aromatic carbocycles. The fourth-order valence-electron chi connectivity index (χ4n) is 2.07. The van der Waals surface area contributed by atoms with E-state index in [1.807, 2.05) is 0 Å². The minimum atomic E-state index is -3.71. The first-order chi connectivity index (χ1) is 8.40. The van der Waals surface area contributed by atoms with Crippen molar-refractivity contribution in [2.24, 2.45) is 0 Å². The number of benzene rings is 1. The summed E-state index contributed by atoms with van der Waals surface area (Å²) in [6.07, 6.45) is 0. The zero-order chi connectivity index (χ0) is 13.4. The average Bonchev–Trinajstić information content (AvgIpc) is 2.73. The molecule has 0 saturated carbocycles. The standard InChI is InChI=1S/C11H14ClNO4S/c12-8-1-3-9(4-2-8)18(16,17)10-5-13-6-11(10,15)7-14/h1-4,10,13-15H,5-7H2. The van der Waals surface area contributed by atoms with Gasteiger partial charge in [0.25, 0.3) is 0 Å². The van der Waals surface area contributed by atoms with Crippen molar-refractivity contribution in [1.29, 1.82) is 0 Å². The van der Waals surface area contributed by atoms with Gasteiger partial charge in [0.1, 0.15) is 10.9 Å². The Balaban J connectivity index is 2.40. The summed E-state index contributed by atoms with van der Waals surface area (Å²) in [5.41, 5.74) is -1.64. The monoisotopic (exact) mass is 291 g/mol. The molecule has 1 fully saturated rings. The highest BCUT2D eigenvalue weighted by Crippen LogP contribution is 2.28. The van der Waals surface area contributed by atoms with Gasteiger partial charge in [-0.25, -0.2) is 8.42 Å². The molecule has 1 aliphatic rings. The Morgan fingerprint density at radius 2 is 2.00 bits per heavy atom. The molecule has 1 saturated heterocycles. The minimum absolute atomic E-state index is 0.0565. The van der Waals surface area contributed by atoms with Gasteiger partial charge in [-0.3, -0.25) is 0 Å². The summed E-state index contributed by atoms with van der Waals surface area (Å²) < 4.78 is 24.7. The van der Waals surface area contributed by atoms with E-state index in [-0.39, 0.29) is 18.0 Å². The predicted molar refractivity (Wildman–Crippen MR) is 67.3 cm³/mol. The van der Waals surface area contributed by atoms with E-state index in [1.165, 1.54) is 24.3 Å².